The second-order valence-corrected chi connectivity index (χ2v) is 5.01. The van der Waals surface area contributed by atoms with Crippen LogP contribution in [0.25, 0.3) is 10.9 Å². The number of rotatable bonds is 4. The number of pyridine rings is 1. The van der Waals surface area contributed by atoms with Gasteiger partial charge in [0.25, 0.3) is 5.69 Å². The van der Waals surface area contributed by atoms with Gasteiger partial charge in [0.05, 0.1) is 4.92 Å². The summed E-state index contributed by atoms with van der Waals surface area (Å²) >= 11 is 0. The van der Waals surface area contributed by atoms with Crippen LogP contribution in [0.5, 0.6) is 0 Å². The Hall–Kier alpha value is -2.01. The summed E-state index contributed by atoms with van der Waals surface area (Å²) in [5.74, 6) is 0.363. The van der Waals surface area contributed by atoms with Gasteiger partial charge < -0.3 is 5.73 Å². The van der Waals surface area contributed by atoms with Gasteiger partial charge in [-0.2, -0.15) is 0 Å². The van der Waals surface area contributed by atoms with E-state index in [9.17, 15) is 10.1 Å². The number of hydrogen-bond acceptors (Lipinski definition) is 4. The number of aromatic nitrogens is 1. The van der Waals surface area contributed by atoms with Gasteiger partial charge in [-0.1, -0.05) is 26.0 Å². The Morgan fingerprint density at radius 2 is 2.11 bits per heavy atom. The Labute approximate surface area is 111 Å². The molecule has 1 atom stereocenters. The van der Waals surface area contributed by atoms with Crippen molar-refractivity contribution >= 4 is 16.6 Å². The second-order valence-electron chi connectivity index (χ2n) is 5.01. The van der Waals surface area contributed by atoms with Gasteiger partial charge in [0.2, 0.25) is 0 Å². The van der Waals surface area contributed by atoms with Crippen LogP contribution >= 0.6 is 0 Å². The van der Waals surface area contributed by atoms with Gasteiger partial charge >= 0.3 is 0 Å². The molecule has 0 saturated carbocycles. The fraction of sp³-hybridized carbons (Fsp3) is 0.357. The number of non-ortho nitro benzene ring substituents is 1. The smallest absolute Gasteiger partial charge is 0.295 e. The van der Waals surface area contributed by atoms with Crippen molar-refractivity contribution in [3.8, 4) is 0 Å². The number of hydrogen-bond donors (Lipinski definition) is 1. The zero-order valence-corrected chi connectivity index (χ0v) is 11.0. The molecule has 1 aromatic heterocycles. The fourth-order valence-corrected chi connectivity index (χ4v) is 2.03. The van der Waals surface area contributed by atoms with Crippen LogP contribution in [-0.4, -0.2) is 15.9 Å². The third-order valence-corrected chi connectivity index (χ3v) is 3.35. The summed E-state index contributed by atoms with van der Waals surface area (Å²) in [5, 5.41) is 11.8. The van der Waals surface area contributed by atoms with Crippen molar-refractivity contribution in [1.29, 1.82) is 0 Å². The van der Waals surface area contributed by atoms with E-state index in [0.717, 1.165) is 10.9 Å². The molecule has 0 bridgehead atoms. The highest BCUT2D eigenvalue weighted by Gasteiger charge is 2.17. The first-order valence-electron chi connectivity index (χ1n) is 6.27. The molecule has 5 nitrogen and oxygen atoms in total. The van der Waals surface area contributed by atoms with E-state index in [0.29, 0.717) is 17.9 Å². The molecule has 2 rings (SSSR count). The number of nitrogens with zero attached hydrogens (tertiary/aromatic N) is 2. The van der Waals surface area contributed by atoms with Crippen molar-refractivity contribution in [3.63, 3.8) is 0 Å². The molecule has 1 aromatic carbocycles. The average molecular weight is 259 g/mol. The summed E-state index contributed by atoms with van der Waals surface area (Å²) in [7, 11) is 0. The highest BCUT2D eigenvalue weighted by molar-refractivity contribution is 5.89. The quantitative estimate of drug-likeness (QED) is 0.676. The fourth-order valence-electron chi connectivity index (χ4n) is 2.03. The minimum absolute atomic E-state index is 0.0323. The molecule has 1 unspecified atom stereocenters. The van der Waals surface area contributed by atoms with E-state index in [1.165, 1.54) is 6.07 Å². The summed E-state index contributed by atoms with van der Waals surface area (Å²) < 4.78 is 0. The molecule has 5 heteroatoms. The van der Waals surface area contributed by atoms with Crippen LogP contribution < -0.4 is 5.73 Å². The number of nitrogens with two attached hydrogens (primary N) is 1. The molecule has 2 aromatic rings. The van der Waals surface area contributed by atoms with Gasteiger partial charge in [-0.05, 0) is 24.0 Å². The molecular weight excluding hydrogens is 242 g/mol. The lowest BCUT2D eigenvalue weighted by atomic mass is 9.94. The molecule has 100 valence electrons. The first-order valence-corrected chi connectivity index (χ1v) is 6.27. The van der Waals surface area contributed by atoms with Crippen molar-refractivity contribution in [3.05, 3.63) is 46.1 Å². The molecule has 0 saturated heterocycles. The molecular formula is C14H17N3O2. The Kier molecular flexibility index (Phi) is 3.76. The predicted octanol–water partition coefficient (Wildman–Crippen LogP) is 2.67. The largest absolute Gasteiger partial charge is 0.327 e. The molecule has 0 aliphatic carbocycles. The van der Waals surface area contributed by atoms with Crippen LogP contribution in [0.15, 0.2) is 30.5 Å². The average Bonchev–Trinajstić information content (AvgIpc) is 2.38. The van der Waals surface area contributed by atoms with Gasteiger partial charge in [-0.15, -0.1) is 0 Å². The Morgan fingerprint density at radius 1 is 1.37 bits per heavy atom. The number of benzene rings is 1. The maximum Gasteiger partial charge on any atom is 0.295 e. The summed E-state index contributed by atoms with van der Waals surface area (Å²) in [6.45, 7) is 4.13. The highest BCUT2D eigenvalue weighted by atomic mass is 16.6. The molecule has 2 N–H and O–H groups in total. The third-order valence-electron chi connectivity index (χ3n) is 3.35. The molecule has 19 heavy (non-hydrogen) atoms. The van der Waals surface area contributed by atoms with Gasteiger partial charge in [-0.25, -0.2) is 4.98 Å². The molecule has 0 amide bonds. The van der Waals surface area contributed by atoms with Gasteiger partial charge in [0.1, 0.15) is 5.52 Å². The standard InChI is InChI=1S/C14H17N3O2/c1-9(2)12(15)8-10-5-6-13(17(18)19)14-11(10)4-3-7-16-14/h3-7,9,12H,8,15H2,1-2H3. The van der Waals surface area contributed by atoms with Gasteiger partial charge in [-0.3, -0.25) is 10.1 Å². The van der Waals surface area contributed by atoms with E-state index < -0.39 is 4.92 Å². The first-order chi connectivity index (χ1) is 9.00. The van der Waals surface area contributed by atoms with Gasteiger partial charge in [0, 0.05) is 23.7 Å². The van der Waals surface area contributed by atoms with Crippen molar-refractivity contribution in [2.75, 3.05) is 0 Å². The zero-order valence-electron chi connectivity index (χ0n) is 11.0. The summed E-state index contributed by atoms with van der Waals surface area (Å²) in [5.41, 5.74) is 7.56. The molecule has 0 spiro atoms. The van der Waals surface area contributed by atoms with Crippen molar-refractivity contribution in [2.24, 2.45) is 11.7 Å². The zero-order chi connectivity index (χ0) is 14.0. The summed E-state index contributed by atoms with van der Waals surface area (Å²) in [6, 6.07) is 6.97. The number of fused-ring (bicyclic) bond motifs is 1. The molecule has 0 aliphatic rings. The molecule has 0 aliphatic heterocycles. The van der Waals surface area contributed by atoms with E-state index in [1.54, 1.807) is 18.3 Å². The summed E-state index contributed by atoms with van der Waals surface area (Å²) in [6.07, 6.45) is 2.26. The Bertz CT molecular complexity index is 611. The van der Waals surface area contributed by atoms with Crippen LogP contribution in [0, 0.1) is 16.0 Å². The molecule has 0 fully saturated rings. The van der Waals surface area contributed by atoms with Crippen molar-refractivity contribution in [2.45, 2.75) is 26.3 Å². The van der Waals surface area contributed by atoms with E-state index in [4.69, 9.17) is 5.73 Å². The summed E-state index contributed by atoms with van der Waals surface area (Å²) in [4.78, 5) is 14.7. The monoisotopic (exact) mass is 259 g/mol. The van der Waals surface area contributed by atoms with Crippen LogP contribution in [0.4, 0.5) is 5.69 Å². The molecule has 1 heterocycles. The highest BCUT2D eigenvalue weighted by Crippen LogP contribution is 2.27. The van der Waals surface area contributed by atoms with E-state index >= 15 is 0 Å². The lowest BCUT2D eigenvalue weighted by molar-refractivity contribution is -0.383. The third kappa shape index (κ3) is 2.71. The predicted molar refractivity (Wildman–Crippen MR) is 74.9 cm³/mol. The Balaban J connectivity index is 2.53. The van der Waals surface area contributed by atoms with E-state index in [1.807, 2.05) is 6.07 Å². The normalized spacial score (nSPS) is 12.8. The SMILES string of the molecule is CC(C)C(N)Cc1ccc([N+](=O)[O-])c2ncccc12. The van der Waals surface area contributed by atoms with Gasteiger partial charge in [0.15, 0.2) is 0 Å². The van der Waals surface area contributed by atoms with Crippen LogP contribution in [0.2, 0.25) is 0 Å². The topological polar surface area (TPSA) is 82.0 Å². The molecule has 0 radical (unpaired) electrons. The second kappa shape index (κ2) is 5.32. The first kappa shape index (κ1) is 13.4. The maximum absolute atomic E-state index is 11.0. The lowest BCUT2D eigenvalue weighted by Crippen LogP contribution is -2.28. The van der Waals surface area contributed by atoms with Crippen molar-refractivity contribution < 1.29 is 4.92 Å². The maximum atomic E-state index is 11.0. The minimum atomic E-state index is -0.401. The van der Waals surface area contributed by atoms with E-state index in [-0.39, 0.29) is 11.7 Å². The lowest BCUT2D eigenvalue weighted by Gasteiger charge is -2.16. The Morgan fingerprint density at radius 3 is 2.74 bits per heavy atom. The van der Waals surface area contributed by atoms with Crippen LogP contribution in [-0.2, 0) is 6.42 Å². The minimum Gasteiger partial charge on any atom is -0.327 e. The number of nitro groups is 1. The van der Waals surface area contributed by atoms with Crippen molar-refractivity contribution in [1.82, 2.24) is 4.98 Å². The van der Waals surface area contributed by atoms with E-state index in [2.05, 4.69) is 18.8 Å². The van der Waals surface area contributed by atoms with Crippen LogP contribution in [0.3, 0.4) is 0 Å². The number of nitro benzene ring substituents is 1. The van der Waals surface area contributed by atoms with Crippen LogP contribution in [0.1, 0.15) is 19.4 Å².